The Kier molecular flexibility index (Phi) is 14.0. The summed E-state index contributed by atoms with van der Waals surface area (Å²) in [5.74, 6) is -2.70. The van der Waals surface area contributed by atoms with E-state index in [1.54, 1.807) is 6.92 Å². The smallest absolute Gasteiger partial charge is 0.330 e. The highest BCUT2D eigenvalue weighted by Gasteiger charge is 2.58. The monoisotopic (exact) mass is 602 g/mol. The Morgan fingerprint density at radius 3 is 2.54 bits per heavy atom. The molecule has 232 valence electrons. The van der Waals surface area contributed by atoms with Crippen LogP contribution in [0.4, 0.5) is 0 Å². The normalized spacial score (nSPS) is 23.3. The minimum absolute atomic E-state index is 0.0498. The lowest BCUT2D eigenvalue weighted by molar-refractivity contribution is -0.239. The van der Waals surface area contributed by atoms with Crippen LogP contribution in [-0.2, 0) is 32.8 Å². The Hall–Kier alpha value is -2.21. The largest absolute Gasteiger partial charge is 0.466 e. The number of aromatic nitrogens is 2. The molecule has 15 heteroatoms. The van der Waals surface area contributed by atoms with E-state index in [9.17, 15) is 19.5 Å². The third-order valence-electron chi connectivity index (χ3n) is 6.23. The van der Waals surface area contributed by atoms with Gasteiger partial charge in [0.15, 0.2) is 12.0 Å². The van der Waals surface area contributed by atoms with E-state index in [0.717, 1.165) is 4.57 Å². The molecule has 3 unspecified atom stereocenters. The number of H-pyrrole nitrogens is 1. The summed E-state index contributed by atoms with van der Waals surface area (Å²) < 4.78 is 38.0. The van der Waals surface area contributed by atoms with Crippen molar-refractivity contribution in [2.24, 2.45) is 0 Å². The molecule has 2 rings (SSSR count). The van der Waals surface area contributed by atoms with Crippen LogP contribution >= 0.6 is 8.53 Å². The zero-order valence-electron chi connectivity index (χ0n) is 24.8. The summed E-state index contributed by atoms with van der Waals surface area (Å²) in [6.07, 6.45) is -2.67. The van der Waals surface area contributed by atoms with Crippen LogP contribution in [0.2, 0.25) is 0 Å². The first-order valence-corrected chi connectivity index (χ1v) is 14.8. The second kappa shape index (κ2) is 16.4. The first-order valence-electron chi connectivity index (χ1n) is 13.6. The van der Waals surface area contributed by atoms with E-state index in [4.69, 9.17) is 33.3 Å². The molecular formula is C26H43N4O10P. The van der Waals surface area contributed by atoms with Gasteiger partial charge in [-0.05, 0) is 41.5 Å². The van der Waals surface area contributed by atoms with Gasteiger partial charge in [0.25, 0.3) is 14.1 Å². The summed E-state index contributed by atoms with van der Waals surface area (Å²) in [5, 5.41) is 21.0. The van der Waals surface area contributed by atoms with Crippen molar-refractivity contribution < 1.29 is 37.9 Å². The lowest BCUT2D eigenvalue weighted by Gasteiger charge is -2.39. The Balaban J connectivity index is 2.63. The van der Waals surface area contributed by atoms with Crippen LogP contribution in [0.25, 0.3) is 0 Å². The van der Waals surface area contributed by atoms with E-state index in [1.165, 1.54) is 20.2 Å². The van der Waals surface area contributed by atoms with Crippen molar-refractivity contribution in [3.05, 3.63) is 32.6 Å². The maximum atomic E-state index is 12.9. The predicted molar refractivity (Wildman–Crippen MR) is 149 cm³/mol. The van der Waals surface area contributed by atoms with Crippen molar-refractivity contribution in [1.29, 1.82) is 5.26 Å². The van der Waals surface area contributed by atoms with Gasteiger partial charge in [0.1, 0.15) is 12.2 Å². The zero-order valence-corrected chi connectivity index (χ0v) is 25.7. The minimum Gasteiger partial charge on any atom is -0.466 e. The molecule has 1 saturated heterocycles. The molecule has 1 aromatic heterocycles. The molecule has 0 amide bonds. The molecule has 0 aromatic carbocycles. The van der Waals surface area contributed by atoms with Gasteiger partial charge in [0.2, 0.25) is 0 Å². The summed E-state index contributed by atoms with van der Waals surface area (Å²) in [6.45, 7) is 11.5. The number of aromatic amines is 1. The Labute approximate surface area is 241 Å². The summed E-state index contributed by atoms with van der Waals surface area (Å²) in [7, 11) is -0.403. The molecule has 2 heterocycles. The SMILES string of the molecule is CCOC(=O)CC[C@@]1(O)O[C@@H](n2cc(C)c(=O)[nH]c2=O)C(OCCOC)C1OP(OCCC#N)N(C(C)C)C(C)C. The van der Waals surface area contributed by atoms with Gasteiger partial charge in [0.05, 0.1) is 45.3 Å². The number of ether oxygens (including phenoxy) is 4. The lowest BCUT2D eigenvalue weighted by Crippen LogP contribution is -2.47. The number of nitriles is 1. The molecule has 5 atom stereocenters. The van der Waals surface area contributed by atoms with E-state index in [-0.39, 0.29) is 63.3 Å². The molecule has 14 nitrogen and oxygen atoms in total. The Morgan fingerprint density at radius 1 is 1.27 bits per heavy atom. The molecule has 0 aliphatic carbocycles. The third kappa shape index (κ3) is 9.39. The van der Waals surface area contributed by atoms with E-state index < -0.39 is 50.0 Å². The third-order valence-corrected chi connectivity index (χ3v) is 8.34. The van der Waals surface area contributed by atoms with Crippen molar-refractivity contribution in [1.82, 2.24) is 14.2 Å². The number of esters is 1. The van der Waals surface area contributed by atoms with Gasteiger partial charge in [-0.2, -0.15) is 5.26 Å². The molecule has 41 heavy (non-hydrogen) atoms. The fraction of sp³-hybridized carbons (Fsp3) is 0.769. The van der Waals surface area contributed by atoms with Crippen LogP contribution in [-0.4, -0.2) is 88.9 Å². The molecule has 0 saturated carbocycles. The molecule has 1 fully saturated rings. The van der Waals surface area contributed by atoms with Gasteiger partial charge in [-0.15, -0.1) is 0 Å². The highest BCUT2D eigenvalue weighted by atomic mass is 31.2. The van der Waals surface area contributed by atoms with Gasteiger partial charge in [0, 0.05) is 37.4 Å². The van der Waals surface area contributed by atoms with E-state index in [1.807, 2.05) is 38.4 Å². The highest BCUT2D eigenvalue weighted by molar-refractivity contribution is 7.44. The number of nitrogens with zero attached hydrogens (tertiary/aromatic N) is 3. The molecule has 1 aliphatic rings. The number of methoxy groups -OCH3 is 1. The predicted octanol–water partition coefficient (Wildman–Crippen LogP) is 2.10. The summed E-state index contributed by atoms with van der Waals surface area (Å²) in [6, 6.07) is 1.94. The quantitative estimate of drug-likeness (QED) is 0.151. The highest BCUT2D eigenvalue weighted by Crippen LogP contribution is 2.53. The van der Waals surface area contributed by atoms with Crippen molar-refractivity contribution in [2.45, 2.75) is 97.1 Å². The van der Waals surface area contributed by atoms with Crippen LogP contribution < -0.4 is 11.2 Å². The first kappa shape index (κ1) is 35.0. The van der Waals surface area contributed by atoms with Gasteiger partial charge >= 0.3 is 11.7 Å². The molecule has 2 N–H and O–H groups in total. The number of rotatable bonds is 17. The summed E-state index contributed by atoms with van der Waals surface area (Å²) in [5.41, 5.74) is -1.11. The minimum atomic E-state index is -2.14. The van der Waals surface area contributed by atoms with Crippen molar-refractivity contribution in [2.75, 3.05) is 33.5 Å². The van der Waals surface area contributed by atoms with E-state index >= 15 is 0 Å². The molecule has 0 radical (unpaired) electrons. The fourth-order valence-electron chi connectivity index (χ4n) is 4.43. The van der Waals surface area contributed by atoms with Crippen molar-refractivity contribution >= 4 is 14.5 Å². The zero-order chi connectivity index (χ0) is 30.7. The maximum absolute atomic E-state index is 12.9. The van der Waals surface area contributed by atoms with Gasteiger partial charge in [-0.3, -0.25) is 19.1 Å². The number of carbonyl (C=O) groups excluding carboxylic acids is 1. The molecule has 1 aliphatic heterocycles. The lowest BCUT2D eigenvalue weighted by atomic mass is 10.0. The number of aliphatic hydroxyl groups is 1. The summed E-state index contributed by atoms with van der Waals surface area (Å²) >= 11 is 0. The van der Waals surface area contributed by atoms with Crippen molar-refractivity contribution in [3.63, 3.8) is 0 Å². The average molecular weight is 603 g/mol. The van der Waals surface area contributed by atoms with E-state index in [2.05, 4.69) is 4.98 Å². The summed E-state index contributed by atoms with van der Waals surface area (Å²) in [4.78, 5) is 39.5. The average Bonchev–Trinajstić information content (AvgIpc) is 3.16. The first-order chi connectivity index (χ1) is 19.4. The molecule has 0 bridgehead atoms. The Morgan fingerprint density at radius 2 is 1.95 bits per heavy atom. The number of hydrogen-bond donors (Lipinski definition) is 2. The van der Waals surface area contributed by atoms with Crippen LogP contribution in [0.3, 0.4) is 0 Å². The number of carbonyl (C=O) groups is 1. The van der Waals surface area contributed by atoms with Crippen LogP contribution in [0.1, 0.15) is 65.7 Å². The Bertz CT molecular complexity index is 1130. The topological polar surface area (TPSA) is 175 Å². The van der Waals surface area contributed by atoms with Crippen LogP contribution in [0.15, 0.2) is 15.8 Å². The molecular weight excluding hydrogens is 559 g/mol. The number of nitrogens with one attached hydrogen (secondary N) is 1. The van der Waals surface area contributed by atoms with Crippen LogP contribution in [0.5, 0.6) is 0 Å². The number of aryl methyl sites for hydroxylation is 1. The van der Waals surface area contributed by atoms with Gasteiger partial charge < -0.3 is 33.1 Å². The standard InChI is InChI=1S/C26H43N4O10P/c1-8-36-20(31)10-11-26(34)22(40-41(38-13-9-12-27)30(17(2)3)18(4)5)21(37-15-14-35-7)24(39-26)29-16-19(6)23(32)28-25(29)33/h16-18,21-22,24,34H,8-11,13-15H2,1-7H3,(H,28,32,33)/t21?,22?,24-,26-,41?/m1/s1. The second-order valence-electron chi connectivity index (χ2n) is 10.0. The van der Waals surface area contributed by atoms with Crippen LogP contribution in [0, 0.1) is 18.3 Å². The fourth-order valence-corrected chi connectivity index (χ4v) is 6.21. The van der Waals surface area contributed by atoms with Gasteiger partial charge in [-0.1, -0.05) is 0 Å². The number of hydrogen-bond acceptors (Lipinski definition) is 12. The van der Waals surface area contributed by atoms with Gasteiger partial charge in [-0.25, -0.2) is 9.46 Å². The molecule has 1 aromatic rings. The van der Waals surface area contributed by atoms with E-state index in [0.29, 0.717) is 0 Å². The van der Waals surface area contributed by atoms with Crippen molar-refractivity contribution in [3.8, 4) is 6.07 Å². The maximum Gasteiger partial charge on any atom is 0.330 e. The molecule has 0 spiro atoms. The second-order valence-corrected chi connectivity index (χ2v) is 11.4.